The van der Waals surface area contributed by atoms with Crippen LogP contribution in [0.25, 0.3) is 11.6 Å². The Morgan fingerprint density at radius 2 is 2.15 bits per heavy atom. The number of nitrogens with one attached hydrogen (secondary N) is 2. The minimum absolute atomic E-state index is 0.124. The first-order valence-electron chi connectivity index (χ1n) is 6.27. The molecule has 0 bridgehead atoms. The maximum atomic E-state index is 5.25. The van der Waals surface area contributed by atoms with E-state index in [0.717, 1.165) is 0 Å². The second-order valence-corrected chi connectivity index (χ2v) is 4.30. The molecule has 102 valence electrons. The van der Waals surface area contributed by atoms with Gasteiger partial charge in [-0.15, -0.1) is 0 Å². The SMILES string of the molecule is CNC(Cc1nc(-c2ncn[nH]2)no1)c1ccccc1. The lowest BCUT2D eigenvalue weighted by atomic mass is 10.0. The topological polar surface area (TPSA) is 92.5 Å². The second-order valence-electron chi connectivity index (χ2n) is 4.30. The maximum absolute atomic E-state index is 5.25. The first-order valence-corrected chi connectivity index (χ1v) is 6.27. The van der Waals surface area contributed by atoms with E-state index in [1.807, 2.05) is 25.2 Å². The lowest BCUT2D eigenvalue weighted by Gasteiger charge is -2.13. The lowest BCUT2D eigenvalue weighted by molar-refractivity contribution is 0.362. The number of benzene rings is 1. The lowest BCUT2D eigenvalue weighted by Crippen LogP contribution is -2.18. The van der Waals surface area contributed by atoms with Crippen molar-refractivity contribution >= 4 is 0 Å². The molecule has 3 aromatic rings. The fourth-order valence-electron chi connectivity index (χ4n) is 1.99. The van der Waals surface area contributed by atoms with Crippen LogP contribution >= 0.6 is 0 Å². The van der Waals surface area contributed by atoms with Gasteiger partial charge in [-0.2, -0.15) is 10.1 Å². The molecule has 1 atom stereocenters. The van der Waals surface area contributed by atoms with Crippen molar-refractivity contribution in [3.05, 3.63) is 48.1 Å². The van der Waals surface area contributed by atoms with Crippen LogP contribution in [0.2, 0.25) is 0 Å². The summed E-state index contributed by atoms with van der Waals surface area (Å²) in [6, 6.07) is 10.3. The number of nitrogens with zero attached hydrogens (tertiary/aromatic N) is 4. The Morgan fingerprint density at radius 3 is 2.85 bits per heavy atom. The predicted octanol–water partition coefficient (Wildman–Crippen LogP) is 1.36. The molecule has 2 aromatic heterocycles. The summed E-state index contributed by atoms with van der Waals surface area (Å²) in [6.45, 7) is 0. The molecule has 1 aromatic carbocycles. The largest absolute Gasteiger partial charge is 0.339 e. The van der Waals surface area contributed by atoms with Crippen molar-refractivity contribution in [1.29, 1.82) is 0 Å². The summed E-state index contributed by atoms with van der Waals surface area (Å²) in [5.41, 5.74) is 1.18. The van der Waals surface area contributed by atoms with Gasteiger partial charge in [0.2, 0.25) is 11.7 Å². The number of hydrogen-bond acceptors (Lipinski definition) is 6. The Balaban J connectivity index is 1.77. The quantitative estimate of drug-likeness (QED) is 0.727. The van der Waals surface area contributed by atoms with Crippen LogP contribution in [-0.2, 0) is 6.42 Å². The average molecular weight is 270 g/mol. The van der Waals surface area contributed by atoms with Crippen LogP contribution in [0.5, 0.6) is 0 Å². The van der Waals surface area contributed by atoms with E-state index >= 15 is 0 Å². The molecule has 0 aliphatic rings. The third-order valence-corrected chi connectivity index (χ3v) is 3.02. The van der Waals surface area contributed by atoms with E-state index in [1.165, 1.54) is 11.9 Å². The number of H-pyrrole nitrogens is 1. The molecule has 0 aliphatic carbocycles. The van der Waals surface area contributed by atoms with E-state index < -0.39 is 0 Å². The van der Waals surface area contributed by atoms with Crippen LogP contribution in [0, 0.1) is 0 Å². The minimum atomic E-state index is 0.124. The molecule has 20 heavy (non-hydrogen) atoms. The molecule has 2 N–H and O–H groups in total. The third kappa shape index (κ3) is 2.57. The Hall–Kier alpha value is -2.54. The van der Waals surface area contributed by atoms with Crippen LogP contribution < -0.4 is 5.32 Å². The van der Waals surface area contributed by atoms with Crippen molar-refractivity contribution in [3.8, 4) is 11.6 Å². The smallest absolute Gasteiger partial charge is 0.239 e. The molecule has 0 aliphatic heterocycles. The number of hydrogen-bond donors (Lipinski definition) is 2. The Labute approximate surface area is 115 Å². The zero-order valence-corrected chi connectivity index (χ0v) is 10.9. The number of likely N-dealkylation sites (N-methyl/N-ethyl adjacent to an activating group) is 1. The molecule has 0 amide bonds. The average Bonchev–Trinajstić information content (AvgIpc) is 3.16. The highest BCUT2D eigenvalue weighted by atomic mass is 16.5. The molecule has 0 radical (unpaired) electrons. The van der Waals surface area contributed by atoms with Gasteiger partial charge in [0, 0.05) is 12.5 Å². The molecule has 0 fully saturated rings. The van der Waals surface area contributed by atoms with Crippen molar-refractivity contribution in [2.24, 2.45) is 0 Å². The first-order chi connectivity index (χ1) is 9.86. The van der Waals surface area contributed by atoms with Gasteiger partial charge in [-0.3, -0.25) is 5.10 Å². The summed E-state index contributed by atoms with van der Waals surface area (Å²) in [4.78, 5) is 8.30. The van der Waals surface area contributed by atoms with E-state index in [0.29, 0.717) is 24.0 Å². The summed E-state index contributed by atoms with van der Waals surface area (Å²) >= 11 is 0. The Morgan fingerprint density at radius 1 is 1.30 bits per heavy atom. The zero-order valence-electron chi connectivity index (χ0n) is 10.9. The van der Waals surface area contributed by atoms with Gasteiger partial charge in [0.1, 0.15) is 6.33 Å². The Bertz CT molecular complexity index is 649. The normalized spacial score (nSPS) is 12.4. The number of rotatable bonds is 5. The summed E-state index contributed by atoms with van der Waals surface area (Å²) in [5.74, 6) is 1.47. The van der Waals surface area contributed by atoms with E-state index in [1.54, 1.807) is 0 Å². The van der Waals surface area contributed by atoms with Gasteiger partial charge in [-0.1, -0.05) is 35.5 Å². The molecule has 7 nitrogen and oxygen atoms in total. The summed E-state index contributed by atoms with van der Waals surface area (Å²) < 4.78 is 5.25. The van der Waals surface area contributed by atoms with E-state index in [9.17, 15) is 0 Å². The highest BCUT2D eigenvalue weighted by Gasteiger charge is 2.16. The monoisotopic (exact) mass is 270 g/mol. The standard InChI is InChI=1S/C13H14N6O/c1-14-10(9-5-3-2-4-6-9)7-11-17-13(19-20-11)12-15-8-16-18-12/h2-6,8,10,14H,7H2,1H3,(H,15,16,18). The highest BCUT2D eigenvalue weighted by molar-refractivity contribution is 5.39. The molecule has 3 rings (SSSR count). The van der Waals surface area contributed by atoms with E-state index in [4.69, 9.17) is 4.52 Å². The van der Waals surface area contributed by atoms with Crippen molar-refractivity contribution in [3.63, 3.8) is 0 Å². The van der Waals surface area contributed by atoms with Crippen LogP contribution in [0.3, 0.4) is 0 Å². The molecule has 7 heteroatoms. The van der Waals surface area contributed by atoms with Gasteiger partial charge < -0.3 is 9.84 Å². The molecule has 1 unspecified atom stereocenters. The van der Waals surface area contributed by atoms with Gasteiger partial charge in [-0.05, 0) is 12.6 Å². The van der Waals surface area contributed by atoms with Crippen molar-refractivity contribution < 1.29 is 4.52 Å². The number of aromatic nitrogens is 5. The molecular formula is C13H14N6O. The van der Waals surface area contributed by atoms with Crippen LogP contribution in [0.1, 0.15) is 17.5 Å². The van der Waals surface area contributed by atoms with Crippen molar-refractivity contribution in [2.75, 3.05) is 7.05 Å². The summed E-state index contributed by atoms with van der Waals surface area (Å²) in [5, 5.41) is 13.6. The summed E-state index contributed by atoms with van der Waals surface area (Å²) in [6.07, 6.45) is 2.02. The van der Waals surface area contributed by atoms with Crippen LogP contribution in [0.4, 0.5) is 0 Å². The van der Waals surface area contributed by atoms with Crippen molar-refractivity contribution in [2.45, 2.75) is 12.5 Å². The summed E-state index contributed by atoms with van der Waals surface area (Å²) in [7, 11) is 1.91. The predicted molar refractivity (Wildman–Crippen MR) is 71.6 cm³/mol. The fraction of sp³-hybridized carbons (Fsp3) is 0.231. The van der Waals surface area contributed by atoms with Gasteiger partial charge in [-0.25, -0.2) is 4.98 Å². The minimum Gasteiger partial charge on any atom is -0.339 e. The van der Waals surface area contributed by atoms with Gasteiger partial charge in [0.05, 0.1) is 0 Å². The molecule has 0 saturated carbocycles. The molecule has 0 spiro atoms. The second kappa shape index (κ2) is 5.62. The molecular weight excluding hydrogens is 256 g/mol. The molecule has 0 saturated heterocycles. The zero-order chi connectivity index (χ0) is 13.8. The van der Waals surface area contributed by atoms with Crippen molar-refractivity contribution in [1.82, 2.24) is 30.6 Å². The first kappa shape index (κ1) is 12.5. The van der Waals surface area contributed by atoms with E-state index in [-0.39, 0.29) is 6.04 Å². The van der Waals surface area contributed by atoms with E-state index in [2.05, 4.69) is 42.8 Å². The van der Waals surface area contributed by atoms with Gasteiger partial charge in [0.15, 0.2) is 5.82 Å². The fourth-order valence-corrected chi connectivity index (χ4v) is 1.99. The van der Waals surface area contributed by atoms with Crippen LogP contribution in [0.15, 0.2) is 41.2 Å². The van der Waals surface area contributed by atoms with Gasteiger partial charge >= 0.3 is 0 Å². The third-order valence-electron chi connectivity index (χ3n) is 3.02. The Kier molecular flexibility index (Phi) is 3.51. The maximum Gasteiger partial charge on any atom is 0.239 e. The van der Waals surface area contributed by atoms with Crippen LogP contribution in [-0.4, -0.2) is 32.4 Å². The highest BCUT2D eigenvalue weighted by Crippen LogP contribution is 2.18. The van der Waals surface area contributed by atoms with Gasteiger partial charge in [0.25, 0.3) is 0 Å². The number of aromatic amines is 1. The molecule has 2 heterocycles.